The average molecular weight is 395 g/mol. The molecule has 27 heavy (non-hydrogen) atoms. The fourth-order valence-corrected chi connectivity index (χ4v) is 4.41. The topological polar surface area (TPSA) is 68.6 Å². The summed E-state index contributed by atoms with van der Waals surface area (Å²) < 4.78 is 5.47. The zero-order chi connectivity index (χ0) is 19.8. The van der Waals surface area contributed by atoms with Crippen LogP contribution in [-0.2, 0) is 4.74 Å². The van der Waals surface area contributed by atoms with E-state index in [2.05, 4.69) is 11.1 Å². The van der Waals surface area contributed by atoms with Gasteiger partial charge in [-0.1, -0.05) is 0 Å². The number of nitrogens with zero attached hydrogens (tertiary/aromatic N) is 4. The number of aliphatic hydroxyl groups is 1. The maximum atomic E-state index is 12.2. The number of likely N-dealkylation sites (tertiary alicyclic amines) is 1. The number of amides is 1. The molecule has 2 aliphatic heterocycles. The molecule has 3 rings (SSSR count). The molecule has 1 atom stereocenters. The van der Waals surface area contributed by atoms with Gasteiger partial charge in [-0.25, -0.2) is 9.79 Å². The number of thiophene rings is 1. The second kappa shape index (κ2) is 7.67. The Morgan fingerprint density at radius 2 is 2.04 bits per heavy atom. The molecule has 1 amide bonds. The van der Waals surface area contributed by atoms with Gasteiger partial charge in [0.2, 0.25) is 6.35 Å². The van der Waals surface area contributed by atoms with Crippen molar-refractivity contribution in [3.63, 3.8) is 0 Å². The Hall–Kier alpha value is -1.80. The molecule has 1 unspecified atom stereocenters. The largest absolute Gasteiger partial charge is 0.444 e. The van der Waals surface area contributed by atoms with Crippen molar-refractivity contribution < 1.29 is 14.6 Å². The number of amidine groups is 1. The Morgan fingerprint density at radius 3 is 2.63 bits per heavy atom. The van der Waals surface area contributed by atoms with Gasteiger partial charge in [0.25, 0.3) is 0 Å². The SMILES string of the molecule is CN(C)C1=NC(O)N(CC2CCN(C(=O)OC(C)(C)C)CC2)c2sccc21. The second-order valence-electron chi connectivity index (χ2n) is 8.40. The number of aliphatic hydroxyl groups excluding tert-OH is 1. The third-order valence-corrected chi connectivity index (χ3v) is 5.76. The maximum absolute atomic E-state index is 12.2. The van der Waals surface area contributed by atoms with Gasteiger partial charge in [-0.05, 0) is 51.0 Å². The van der Waals surface area contributed by atoms with E-state index in [0.29, 0.717) is 19.0 Å². The van der Waals surface area contributed by atoms with Crippen LogP contribution in [0.25, 0.3) is 0 Å². The van der Waals surface area contributed by atoms with Crippen molar-refractivity contribution in [2.45, 2.75) is 45.6 Å². The standard InChI is InChI=1S/C19H30N4O3S/c1-19(2,3)26-18(25)22-9-6-13(7-10-22)12-23-16-14(8-11-27-16)15(21(4)5)20-17(23)24/h8,11,13,17,24H,6-7,9-10,12H2,1-5H3. The minimum atomic E-state index is -0.863. The number of piperidine rings is 1. The van der Waals surface area contributed by atoms with Crippen LogP contribution in [0.3, 0.4) is 0 Å². The van der Waals surface area contributed by atoms with E-state index >= 15 is 0 Å². The molecular formula is C19H30N4O3S. The normalized spacial score (nSPS) is 21.0. The third-order valence-electron chi connectivity index (χ3n) is 4.81. The van der Waals surface area contributed by atoms with Gasteiger partial charge >= 0.3 is 6.09 Å². The van der Waals surface area contributed by atoms with Crippen molar-refractivity contribution in [3.8, 4) is 0 Å². The molecule has 8 heteroatoms. The summed E-state index contributed by atoms with van der Waals surface area (Å²) in [5, 5.41) is 13.7. The number of carbonyl (C=O) groups is 1. The van der Waals surface area contributed by atoms with Crippen LogP contribution in [0.2, 0.25) is 0 Å². The lowest BCUT2D eigenvalue weighted by Crippen LogP contribution is -2.47. The first-order chi connectivity index (χ1) is 12.7. The monoisotopic (exact) mass is 394 g/mol. The van der Waals surface area contributed by atoms with Crippen LogP contribution < -0.4 is 4.90 Å². The Bertz CT molecular complexity index is 702. The summed E-state index contributed by atoms with van der Waals surface area (Å²) in [7, 11) is 3.88. The van der Waals surface area contributed by atoms with Crippen molar-refractivity contribution >= 4 is 28.3 Å². The van der Waals surface area contributed by atoms with Crippen LogP contribution in [0.1, 0.15) is 39.2 Å². The first-order valence-electron chi connectivity index (χ1n) is 9.41. The van der Waals surface area contributed by atoms with Crippen molar-refractivity contribution in [2.24, 2.45) is 10.9 Å². The van der Waals surface area contributed by atoms with Gasteiger partial charge in [0.15, 0.2) is 0 Å². The van der Waals surface area contributed by atoms with Crippen LogP contribution in [0.4, 0.5) is 9.80 Å². The van der Waals surface area contributed by atoms with Crippen molar-refractivity contribution in [1.29, 1.82) is 0 Å². The zero-order valence-corrected chi connectivity index (χ0v) is 17.6. The summed E-state index contributed by atoms with van der Waals surface area (Å²) in [5.74, 6) is 1.22. The van der Waals surface area contributed by atoms with E-state index in [1.165, 1.54) is 0 Å². The highest BCUT2D eigenvalue weighted by Crippen LogP contribution is 2.35. The molecular weight excluding hydrogens is 364 g/mol. The Kier molecular flexibility index (Phi) is 5.67. The van der Waals surface area contributed by atoms with Gasteiger partial charge in [-0.3, -0.25) is 0 Å². The Labute approximate surface area is 165 Å². The Balaban J connectivity index is 1.61. The molecule has 0 radical (unpaired) electrons. The molecule has 7 nitrogen and oxygen atoms in total. The summed E-state index contributed by atoms with van der Waals surface area (Å²) in [4.78, 5) is 22.4. The highest BCUT2D eigenvalue weighted by molar-refractivity contribution is 7.14. The lowest BCUT2D eigenvalue weighted by molar-refractivity contribution is 0.0182. The number of rotatable bonds is 2. The summed E-state index contributed by atoms with van der Waals surface area (Å²) in [6.07, 6.45) is 0.693. The molecule has 1 N–H and O–H groups in total. The summed E-state index contributed by atoms with van der Waals surface area (Å²) in [5.41, 5.74) is 0.602. The van der Waals surface area contributed by atoms with E-state index in [-0.39, 0.29) is 6.09 Å². The number of anilines is 1. The molecule has 1 saturated heterocycles. The molecule has 1 aromatic rings. The van der Waals surface area contributed by atoms with E-state index in [0.717, 1.165) is 35.8 Å². The maximum Gasteiger partial charge on any atom is 0.410 e. The molecule has 2 aliphatic rings. The third kappa shape index (κ3) is 4.55. The van der Waals surface area contributed by atoms with E-state index in [1.54, 1.807) is 16.2 Å². The molecule has 0 aliphatic carbocycles. The molecule has 1 fully saturated rings. The quantitative estimate of drug-likeness (QED) is 0.835. The molecule has 3 heterocycles. The number of fused-ring (bicyclic) bond motifs is 1. The van der Waals surface area contributed by atoms with Crippen LogP contribution in [-0.4, -0.2) is 72.5 Å². The van der Waals surface area contributed by atoms with Gasteiger partial charge < -0.3 is 24.5 Å². The lowest BCUT2D eigenvalue weighted by atomic mass is 9.96. The van der Waals surface area contributed by atoms with E-state index in [1.807, 2.05) is 50.0 Å². The lowest BCUT2D eigenvalue weighted by Gasteiger charge is -2.38. The smallest absolute Gasteiger partial charge is 0.410 e. The van der Waals surface area contributed by atoms with Gasteiger partial charge in [0.05, 0.1) is 5.56 Å². The van der Waals surface area contributed by atoms with Gasteiger partial charge in [0.1, 0.15) is 16.4 Å². The van der Waals surface area contributed by atoms with E-state index in [9.17, 15) is 9.90 Å². The van der Waals surface area contributed by atoms with Gasteiger partial charge in [-0.2, -0.15) is 0 Å². The van der Waals surface area contributed by atoms with E-state index in [4.69, 9.17) is 4.74 Å². The van der Waals surface area contributed by atoms with Crippen molar-refractivity contribution in [3.05, 3.63) is 17.0 Å². The predicted molar refractivity (Wildman–Crippen MR) is 108 cm³/mol. The van der Waals surface area contributed by atoms with Crippen molar-refractivity contribution in [1.82, 2.24) is 9.80 Å². The number of hydrogen-bond donors (Lipinski definition) is 1. The van der Waals surface area contributed by atoms with Crippen LogP contribution in [0.15, 0.2) is 16.4 Å². The number of carbonyl (C=O) groups excluding carboxylic acids is 1. The van der Waals surface area contributed by atoms with Gasteiger partial charge in [0, 0.05) is 33.7 Å². The number of aliphatic imine (C=N–C) groups is 1. The first-order valence-corrected chi connectivity index (χ1v) is 10.3. The molecule has 1 aromatic heterocycles. The molecule has 0 saturated carbocycles. The average Bonchev–Trinajstić information content (AvgIpc) is 3.05. The summed E-state index contributed by atoms with van der Waals surface area (Å²) in [6.45, 7) is 7.77. The van der Waals surface area contributed by atoms with Crippen LogP contribution >= 0.6 is 11.3 Å². The fourth-order valence-electron chi connectivity index (χ4n) is 3.48. The molecule has 0 bridgehead atoms. The highest BCUT2D eigenvalue weighted by atomic mass is 32.1. The summed E-state index contributed by atoms with van der Waals surface area (Å²) in [6, 6.07) is 2.06. The fraction of sp³-hybridized carbons (Fsp3) is 0.684. The van der Waals surface area contributed by atoms with Gasteiger partial charge in [-0.15, -0.1) is 11.3 Å². The highest BCUT2D eigenvalue weighted by Gasteiger charge is 2.33. The number of hydrogen-bond acceptors (Lipinski definition) is 7. The second-order valence-corrected chi connectivity index (χ2v) is 9.29. The van der Waals surface area contributed by atoms with E-state index < -0.39 is 12.0 Å². The predicted octanol–water partition coefficient (Wildman–Crippen LogP) is 2.80. The van der Waals surface area contributed by atoms with Crippen LogP contribution in [0.5, 0.6) is 0 Å². The molecule has 0 aromatic carbocycles. The van der Waals surface area contributed by atoms with Crippen LogP contribution in [0, 0.1) is 5.92 Å². The van der Waals surface area contributed by atoms with Crippen molar-refractivity contribution in [2.75, 3.05) is 38.6 Å². The zero-order valence-electron chi connectivity index (χ0n) is 16.8. The minimum Gasteiger partial charge on any atom is -0.444 e. The number of ether oxygens (including phenoxy) is 1. The molecule has 0 spiro atoms. The summed E-state index contributed by atoms with van der Waals surface area (Å²) >= 11 is 1.63. The molecule has 150 valence electrons. The first kappa shape index (κ1) is 19.9. The minimum absolute atomic E-state index is 0.236. The Morgan fingerprint density at radius 1 is 1.37 bits per heavy atom.